The average molecular weight is 526 g/mol. The Hall–Kier alpha value is -1.61. The zero-order valence-corrected chi connectivity index (χ0v) is 22.0. The van der Waals surface area contributed by atoms with Gasteiger partial charge in [-0.3, -0.25) is 4.90 Å². The number of benzene rings is 2. The summed E-state index contributed by atoms with van der Waals surface area (Å²) in [6.07, 6.45) is 5.37. The van der Waals surface area contributed by atoms with Gasteiger partial charge in [-0.25, -0.2) is 16.8 Å². The number of aryl methyl sites for hydroxylation is 1. The predicted octanol–water partition coefficient (Wildman–Crippen LogP) is 3.81. The Morgan fingerprint density at radius 1 is 1.03 bits per heavy atom. The molecule has 0 spiro atoms. The summed E-state index contributed by atoms with van der Waals surface area (Å²) in [4.78, 5) is 2.72. The van der Waals surface area contributed by atoms with Crippen molar-refractivity contribution in [1.82, 2.24) is 4.90 Å². The number of hydrogen-bond acceptors (Lipinski definition) is 6. The topological polar surface area (TPSA) is 80.8 Å². The minimum Gasteiger partial charge on any atom is -0.493 e. The van der Waals surface area contributed by atoms with E-state index in [4.69, 9.17) is 16.3 Å². The monoisotopic (exact) mass is 525 g/mol. The molecule has 6 nitrogen and oxygen atoms in total. The first-order valence-corrected chi connectivity index (χ1v) is 15.8. The van der Waals surface area contributed by atoms with E-state index < -0.39 is 25.4 Å². The number of likely N-dealkylation sites (tertiary alicyclic amines) is 1. The highest BCUT2D eigenvalue weighted by molar-refractivity contribution is 7.94. The highest BCUT2D eigenvalue weighted by Gasteiger charge is 2.35. The third-order valence-corrected chi connectivity index (χ3v) is 10.1. The molecule has 1 saturated heterocycles. The van der Waals surface area contributed by atoms with Crippen LogP contribution in [0.3, 0.4) is 0 Å². The van der Waals surface area contributed by atoms with Crippen molar-refractivity contribution in [2.24, 2.45) is 5.92 Å². The molecule has 0 radical (unpaired) electrons. The number of ether oxygens (including phenoxy) is 1. The van der Waals surface area contributed by atoms with Gasteiger partial charge in [-0.1, -0.05) is 17.7 Å². The molecule has 1 aliphatic carbocycles. The summed E-state index contributed by atoms with van der Waals surface area (Å²) in [5.41, 5.74) is 2.77. The predicted molar refractivity (Wildman–Crippen MR) is 135 cm³/mol. The molecule has 0 bridgehead atoms. The zero-order chi connectivity index (χ0) is 24.5. The van der Waals surface area contributed by atoms with Gasteiger partial charge in [0, 0.05) is 35.8 Å². The second kappa shape index (κ2) is 10.2. The first kappa shape index (κ1) is 25.5. The van der Waals surface area contributed by atoms with E-state index in [1.807, 2.05) is 6.07 Å². The SMILES string of the molecule is C[C@@H]1C[C@H](COc2ccc(S(=O)(=O)CCS(C)(=O)=O)cc2)CN1[C@H]1CCc2ccc(Cl)cc2C1. The summed E-state index contributed by atoms with van der Waals surface area (Å²) in [6.45, 7) is 3.85. The van der Waals surface area contributed by atoms with Gasteiger partial charge in [0.1, 0.15) is 15.6 Å². The van der Waals surface area contributed by atoms with Crippen molar-refractivity contribution in [1.29, 1.82) is 0 Å². The molecule has 0 amide bonds. The molecular weight excluding hydrogens is 494 g/mol. The van der Waals surface area contributed by atoms with Crippen LogP contribution in [-0.2, 0) is 32.5 Å². The van der Waals surface area contributed by atoms with E-state index in [2.05, 4.69) is 24.0 Å². The van der Waals surface area contributed by atoms with Gasteiger partial charge in [0.2, 0.25) is 0 Å². The number of halogens is 1. The first-order chi connectivity index (χ1) is 16.0. The number of sulfone groups is 2. The Bertz CT molecular complexity index is 1230. The third kappa shape index (κ3) is 6.33. The van der Waals surface area contributed by atoms with E-state index in [0.29, 0.717) is 30.4 Å². The van der Waals surface area contributed by atoms with Crippen LogP contribution in [0.1, 0.15) is 30.9 Å². The summed E-state index contributed by atoms with van der Waals surface area (Å²) in [6, 6.07) is 13.5. The van der Waals surface area contributed by atoms with Gasteiger partial charge >= 0.3 is 0 Å². The van der Waals surface area contributed by atoms with Gasteiger partial charge in [-0.05, 0) is 80.1 Å². The van der Waals surface area contributed by atoms with Crippen molar-refractivity contribution in [2.45, 2.75) is 49.6 Å². The number of rotatable bonds is 8. The van der Waals surface area contributed by atoms with Gasteiger partial charge in [-0.2, -0.15) is 0 Å². The molecule has 0 aromatic heterocycles. The largest absolute Gasteiger partial charge is 0.493 e. The van der Waals surface area contributed by atoms with Crippen LogP contribution < -0.4 is 4.74 Å². The average Bonchev–Trinajstić information content (AvgIpc) is 3.16. The molecule has 2 aliphatic rings. The molecule has 2 aromatic rings. The van der Waals surface area contributed by atoms with Crippen molar-refractivity contribution in [2.75, 3.05) is 30.9 Å². The summed E-state index contributed by atoms with van der Waals surface area (Å²) < 4.78 is 53.3. The van der Waals surface area contributed by atoms with Crippen LogP contribution in [0.4, 0.5) is 0 Å². The summed E-state index contributed by atoms with van der Waals surface area (Å²) in [5.74, 6) is 0.229. The molecule has 9 heteroatoms. The minimum absolute atomic E-state index is 0.113. The summed E-state index contributed by atoms with van der Waals surface area (Å²) >= 11 is 6.22. The highest BCUT2D eigenvalue weighted by Crippen LogP contribution is 2.33. The van der Waals surface area contributed by atoms with E-state index >= 15 is 0 Å². The fourth-order valence-electron chi connectivity index (χ4n) is 5.13. The standard InChI is InChI=1S/C25H32ClNO5S2/c1-18-13-19(16-27(18)23-6-4-20-3-5-22(26)14-21(20)15-23)17-32-24-7-9-25(10-8-24)34(30,31)12-11-33(2,28)29/h3,5,7-10,14,18-19,23H,4,6,11-13,15-17H2,1-2H3/t18-,19+,23+/m1/s1. The summed E-state index contributed by atoms with van der Waals surface area (Å²) in [5, 5.41) is 0.800. The van der Waals surface area contributed by atoms with Gasteiger partial charge in [0.25, 0.3) is 0 Å². The molecule has 1 fully saturated rings. The molecule has 2 aromatic carbocycles. The zero-order valence-electron chi connectivity index (χ0n) is 19.6. The normalized spacial score (nSPS) is 23.6. The lowest BCUT2D eigenvalue weighted by molar-refractivity contribution is 0.164. The highest BCUT2D eigenvalue weighted by atomic mass is 35.5. The van der Waals surface area contributed by atoms with E-state index in [9.17, 15) is 16.8 Å². The maximum Gasteiger partial charge on any atom is 0.179 e. The molecule has 0 N–H and O–H groups in total. The number of hydrogen-bond donors (Lipinski definition) is 0. The number of fused-ring (bicyclic) bond motifs is 1. The molecule has 1 heterocycles. The molecule has 4 rings (SSSR count). The number of nitrogens with zero attached hydrogens (tertiary/aromatic N) is 1. The first-order valence-electron chi connectivity index (χ1n) is 11.7. The maximum absolute atomic E-state index is 12.4. The smallest absolute Gasteiger partial charge is 0.179 e. The van der Waals surface area contributed by atoms with Crippen LogP contribution >= 0.6 is 11.6 Å². The fourth-order valence-corrected chi connectivity index (χ4v) is 8.20. The van der Waals surface area contributed by atoms with Gasteiger partial charge < -0.3 is 4.74 Å². The fraction of sp³-hybridized carbons (Fsp3) is 0.520. The van der Waals surface area contributed by atoms with E-state index in [-0.39, 0.29) is 10.6 Å². The molecule has 1 aliphatic heterocycles. The van der Waals surface area contributed by atoms with Gasteiger partial charge in [0.15, 0.2) is 9.84 Å². The maximum atomic E-state index is 12.4. The van der Waals surface area contributed by atoms with Crippen molar-refractivity contribution >= 4 is 31.3 Å². The lowest BCUT2D eigenvalue weighted by atomic mass is 9.87. The Labute approximate surface area is 208 Å². The van der Waals surface area contributed by atoms with Crippen molar-refractivity contribution in [3.05, 3.63) is 58.6 Å². The molecule has 0 saturated carbocycles. The minimum atomic E-state index is -3.64. The van der Waals surface area contributed by atoms with Crippen LogP contribution in [0, 0.1) is 5.92 Å². The van der Waals surface area contributed by atoms with Gasteiger partial charge in [-0.15, -0.1) is 0 Å². The van der Waals surface area contributed by atoms with Crippen LogP contribution in [0.25, 0.3) is 0 Å². The van der Waals surface area contributed by atoms with E-state index in [0.717, 1.165) is 43.5 Å². The summed E-state index contributed by atoms with van der Waals surface area (Å²) in [7, 11) is -6.98. The molecule has 34 heavy (non-hydrogen) atoms. The van der Waals surface area contributed by atoms with E-state index in [1.54, 1.807) is 12.1 Å². The lowest BCUT2D eigenvalue weighted by Gasteiger charge is -2.35. The Kier molecular flexibility index (Phi) is 7.62. The second-order valence-corrected chi connectivity index (χ2v) is 14.5. The van der Waals surface area contributed by atoms with Crippen molar-refractivity contribution in [3.8, 4) is 5.75 Å². The van der Waals surface area contributed by atoms with E-state index in [1.165, 1.54) is 23.3 Å². The lowest BCUT2D eigenvalue weighted by Crippen LogP contribution is -2.41. The van der Waals surface area contributed by atoms with Crippen LogP contribution in [-0.4, -0.2) is 64.7 Å². The molecule has 186 valence electrons. The van der Waals surface area contributed by atoms with Crippen molar-refractivity contribution in [3.63, 3.8) is 0 Å². The molecule has 3 atom stereocenters. The van der Waals surface area contributed by atoms with Crippen molar-refractivity contribution < 1.29 is 21.6 Å². The second-order valence-electron chi connectivity index (χ2n) is 9.69. The van der Waals surface area contributed by atoms with Crippen LogP contribution in [0.5, 0.6) is 5.75 Å². The Morgan fingerprint density at radius 2 is 1.76 bits per heavy atom. The van der Waals surface area contributed by atoms with Crippen LogP contribution in [0.15, 0.2) is 47.4 Å². The third-order valence-electron chi connectivity index (χ3n) is 6.94. The Balaban J connectivity index is 1.31. The van der Waals surface area contributed by atoms with Gasteiger partial charge in [0.05, 0.1) is 23.0 Å². The van der Waals surface area contributed by atoms with Crippen LogP contribution in [0.2, 0.25) is 5.02 Å². The molecule has 0 unspecified atom stereocenters. The molecular formula is C25H32ClNO5S2. The Morgan fingerprint density at radius 3 is 2.47 bits per heavy atom. The quantitative estimate of drug-likeness (QED) is 0.521.